The molecular formula is C19H29N3O. The Hall–Kier alpha value is -1.39. The van der Waals surface area contributed by atoms with Crippen LogP contribution in [0.5, 0.6) is 0 Å². The molecule has 0 unspecified atom stereocenters. The molecule has 0 saturated carbocycles. The van der Waals surface area contributed by atoms with Gasteiger partial charge < -0.3 is 9.80 Å². The average Bonchev–Trinajstić information content (AvgIpc) is 2.54. The van der Waals surface area contributed by atoms with Gasteiger partial charge in [0.2, 0.25) is 5.91 Å². The first-order valence-electron chi connectivity index (χ1n) is 8.82. The van der Waals surface area contributed by atoms with Crippen molar-refractivity contribution in [3.8, 4) is 0 Å². The van der Waals surface area contributed by atoms with E-state index in [4.69, 9.17) is 0 Å². The van der Waals surface area contributed by atoms with Crippen molar-refractivity contribution in [3.05, 3.63) is 34.9 Å². The van der Waals surface area contributed by atoms with E-state index in [1.54, 1.807) is 0 Å². The molecule has 1 atom stereocenters. The molecule has 4 heteroatoms. The molecule has 2 heterocycles. The number of likely N-dealkylation sites (N-methyl/N-ethyl adjacent to an activating group) is 1. The summed E-state index contributed by atoms with van der Waals surface area (Å²) in [5.41, 5.74) is 3.84. The first kappa shape index (κ1) is 16.5. The number of rotatable bonds is 3. The summed E-state index contributed by atoms with van der Waals surface area (Å²) in [6, 6.07) is 6.63. The number of aryl methyl sites for hydroxylation is 2. The maximum Gasteiger partial charge on any atom is 0.240 e. The molecule has 4 nitrogen and oxygen atoms in total. The summed E-state index contributed by atoms with van der Waals surface area (Å²) in [6.07, 6.45) is 2.14. The van der Waals surface area contributed by atoms with E-state index < -0.39 is 0 Å². The molecule has 0 aromatic heterocycles. The molecule has 0 N–H and O–H groups in total. The van der Waals surface area contributed by atoms with Gasteiger partial charge in [-0.3, -0.25) is 9.69 Å². The Bertz CT molecular complexity index is 564. The van der Waals surface area contributed by atoms with Gasteiger partial charge >= 0.3 is 0 Å². The van der Waals surface area contributed by atoms with Gasteiger partial charge in [-0.15, -0.1) is 0 Å². The molecule has 0 spiro atoms. The van der Waals surface area contributed by atoms with Crippen LogP contribution in [0.15, 0.2) is 18.2 Å². The lowest BCUT2D eigenvalue weighted by Gasteiger charge is -2.42. The van der Waals surface area contributed by atoms with E-state index in [2.05, 4.69) is 53.8 Å². The number of carbonyl (C=O) groups excluding carboxylic acids is 1. The summed E-state index contributed by atoms with van der Waals surface area (Å²) in [6.45, 7) is 10.1. The van der Waals surface area contributed by atoms with E-state index in [-0.39, 0.29) is 6.04 Å². The lowest BCUT2D eigenvalue weighted by atomic mass is 9.99. The predicted octanol–water partition coefficient (Wildman–Crippen LogP) is 2.04. The fraction of sp³-hybridized carbons (Fsp3) is 0.632. The van der Waals surface area contributed by atoms with Crippen molar-refractivity contribution in [1.82, 2.24) is 14.7 Å². The second-order valence-corrected chi connectivity index (χ2v) is 7.19. The largest absolute Gasteiger partial charge is 0.337 e. The van der Waals surface area contributed by atoms with Gasteiger partial charge in [-0.05, 0) is 44.9 Å². The molecule has 0 radical (unpaired) electrons. The maximum atomic E-state index is 13.0. The molecule has 1 amide bonds. The van der Waals surface area contributed by atoms with Crippen LogP contribution in [0, 0.1) is 13.8 Å². The Kier molecular flexibility index (Phi) is 5.02. The second-order valence-electron chi connectivity index (χ2n) is 7.19. The number of carbonyl (C=O) groups is 1. The normalized spacial score (nSPS) is 24.2. The van der Waals surface area contributed by atoms with Crippen molar-refractivity contribution in [1.29, 1.82) is 0 Å². The number of hydrogen-bond acceptors (Lipinski definition) is 3. The van der Waals surface area contributed by atoms with Crippen LogP contribution in [0.4, 0.5) is 0 Å². The van der Waals surface area contributed by atoms with E-state index >= 15 is 0 Å². The highest BCUT2D eigenvalue weighted by Gasteiger charge is 2.34. The lowest BCUT2D eigenvalue weighted by molar-refractivity contribution is -0.141. The van der Waals surface area contributed by atoms with Crippen molar-refractivity contribution in [2.24, 2.45) is 0 Å². The number of hydrogen-bond donors (Lipinski definition) is 0. The first-order valence-corrected chi connectivity index (χ1v) is 8.82. The molecule has 1 aromatic rings. The number of likely N-dealkylation sites (tertiary alicyclic amines) is 1. The minimum Gasteiger partial charge on any atom is -0.337 e. The number of piperazine rings is 1. The number of benzene rings is 1. The van der Waals surface area contributed by atoms with Crippen LogP contribution in [-0.2, 0) is 11.3 Å². The fourth-order valence-corrected chi connectivity index (χ4v) is 3.73. The van der Waals surface area contributed by atoms with Crippen LogP contribution < -0.4 is 0 Å². The van der Waals surface area contributed by atoms with Gasteiger partial charge in [0.25, 0.3) is 0 Å². The third kappa shape index (κ3) is 3.75. The molecular weight excluding hydrogens is 286 g/mol. The van der Waals surface area contributed by atoms with Gasteiger partial charge in [0.15, 0.2) is 0 Å². The van der Waals surface area contributed by atoms with Gasteiger partial charge in [0.1, 0.15) is 0 Å². The second kappa shape index (κ2) is 7.02. The quantitative estimate of drug-likeness (QED) is 0.854. The van der Waals surface area contributed by atoms with Crippen molar-refractivity contribution in [2.75, 3.05) is 39.8 Å². The van der Waals surface area contributed by atoms with Crippen molar-refractivity contribution >= 4 is 5.91 Å². The molecule has 0 bridgehead atoms. The monoisotopic (exact) mass is 315 g/mol. The summed E-state index contributed by atoms with van der Waals surface area (Å²) < 4.78 is 0. The minimum absolute atomic E-state index is 0.0996. The molecule has 0 aliphatic carbocycles. The van der Waals surface area contributed by atoms with Gasteiger partial charge in [-0.1, -0.05) is 23.8 Å². The summed E-state index contributed by atoms with van der Waals surface area (Å²) in [5.74, 6) is 0.335. The predicted molar refractivity (Wildman–Crippen MR) is 93.4 cm³/mol. The van der Waals surface area contributed by atoms with Crippen LogP contribution in [0.1, 0.15) is 29.5 Å². The smallest absolute Gasteiger partial charge is 0.240 e. The Balaban J connectivity index is 1.68. The van der Waals surface area contributed by atoms with E-state index in [0.717, 1.165) is 52.1 Å². The zero-order valence-corrected chi connectivity index (χ0v) is 14.7. The Labute approximate surface area is 140 Å². The van der Waals surface area contributed by atoms with Gasteiger partial charge in [-0.25, -0.2) is 0 Å². The van der Waals surface area contributed by atoms with Crippen molar-refractivity contribution < 1.29 is 4.79 Å². The lowest BCUT2D eigenvalue weighted by Crippen LogP contribution is -2.56. The molecule has 2 saturated heterocycles. The molecule has 2 aliphatic heterocycles. The SMILES string of the molecule is Cc1ccc(C)c(CN2CCC[C@@H](N3CCN(C)CC3)C2=O)c1. The van der Waals surface area contributed by atoms with E-state index in [1.807, 2.05) is 0 Å². The average molecular weight is 315 g/mol. The van der Waals surface area contributed by atoms with E-state index in [0.29, 0.717) is 5.91 Å². The van der Waals surface area contributed by atoms with Gasteiger partial charge in [0, 0.05) is 39.3 Å². The van der Waals surface area contributed by atoms with Crippen LogP contribution in [-0.4, -0.2) is 66.4 Å². The number of nitrogens with zero attached hydrogens (tertiary/aromatic N) is 3. The first-order chi connectivity index (χ1) is 11.0. The zero-order chi connectivity index (χ0) is 16.4. The molecule has 126 valence electrons. The summed E-state index contributed by atoms with van der Waals surface area (Å²) >= 11 is 0. The van der Waals surface area contributed by atoms with E-state index in [1.165, 1.54) is 16.7 Å². The van der Waals surface area contributed by atoms with Gasteiger partial charge in [-0.2, -0.15) is 0 Å². The van der Waals surface area contributed by atoms with E-state index in [9.17, 15) is 4.79 Å². The molecule has 2 aliphatic rings. The Morgan fingerprint density at radius 1 is 1.09 bits per heavy atom. The highest BCUT2D eigenvalue weighted by molar-refractivity contribution is 5.82. The van der Waals surface area contributed by atoms with Crippen LogP contribution in [0.3, 0.4) is 0 Å². The third-order valence-corrected chi connectivity index (χ3v) is 5.35. The zero-order valence-electron chi connectivity index (χ0n) is 14.7. The third-order valence-electron chi connectivity index (χ3n) is 5.35. The fourth-order valence-electron chi connectivity index (χ4n) is 3.73. The highest BCUT2D eigenvalue weighted by Crippen LogP contribution is 2.22. The van der Waals surface area contributed by atoms with Crippen LogP contribution in [0.25, 0.3) is 0 Å². The number of piperidine rings is 1. The van der Waals surface area contributed by atoms with Crippen LogP contribution >= 0.6 is 0 Å². The molecule has 3 rings (SSSR count). The topological polar surface area (TPSA) is 26.8 Å². The summed E-state index contributed by atoms with van der Waals surface area (Å²) in [7, 11) is 2.16. The highest BCUT2D eigenvalue weighted by atomic mass is 16.2. The minimum atomic E-state index is 0.0996. The Morgan fingerprint density at radius 2 is 1.83 bits per heavy atom. The van der Waals surface area contributed by atoms with Crippen molar-refractivity contribution in [3.63, 3.8) is 0 Å². The number of amides is 1. The summed E-state index contributed by atoms with van der Waals surface area (Å²) in [4.78, 5) is 19.8. The van der Waals surface area contributed by atoms with Gasteiger partial charge in [0.05, 0.1) is 6.04 Å². The Morgan fingerprint density at radius 3 is 2.57 bits per heavy atom. The molecule has 2 fully saturated rings. The molecule has 23 heavy (non-hydrogen) atoms. The maximum absolute atomic E-state index is 13.0. The standard InChI is InChI=1S/C19H29N3O/c1-15-6-7-16(2)17(13-15)14-22-8-4-5-18(19(22)23)21-11-9-20(3)10-12-21/h6-7,13,18H,4-5,8-12,14H2,1-3H3/t18-/m1/s1. The molecule has 1 aromatic carbocycles. The summed E-state index contributed by atoms with van der Waals surface area (Å²) in [5, 5.41) is 0. The van der Waals surface area contributed by atoms with Crippen molar-refractivity contribution in [2.45, 2.75) is 39.3 Å². The van der Waals surface area contributed by atoms with Crippen LogP contribution in [0.2, 0.25) is 0 Å².